The van der Waals surface area contributed by atoms with Crippen LogP contribution in [-0.2, 0) is 4.74 Å². The van der Waals surface area contributed by atoms with E-state index in [0.29, 0.717) is 17.2 Å². The molecule has 24 heavy (non-hydrogen) atoms. The Balaban J connectivity index is 2.22. The fourth-order valence-electron chi connectivity index (χ4n) is 2.67. The first kappa shape index (κ1) is 16.5. The lowest BCUT2D eigenvalue weighted by Gasteiger charge is -2.09. The number of ether oxygens (including phenoxy) is 1. The van der Waals surface area contributed by atoms with Crippen molar-refractivity contribution in [3.05, 3.63) is 29.1 Å². The number of para-hydroxylation sites is 1. The molecule has 0 aliphatic rings. The maximum Gasteiger partial charge on any atom is 0.350 e. The highest BCUT2D eigenvalue weighted by Gasteiger charge is 2.22. The number of esters is 1. The van der Waals surface area contributed by atoms with Crippen molar-refractivity contribution in [2.45, 2.75) is 26.7 Å². The number of benzene rings is 1. The molecule has 3 N–H and O–H groups in total. The van der Waals surface area contributed by atoms with Crippen molar-refractivity contribution < 1.29 is 9.53 Å². The largest absolute Gasteiger partial charge is 0.462 e. The van der Waals surface area contributed by atoms with Crippen LogP contribution in [0.4, 0.5) is 11.5 Å². The van der Waals surface area contributed by atoms with Gasteiger partial charge in [0.15, 0.2) is 0 Å². The van der Waals surface area contributed by atoms with Crippen molar-refractivity contribution in [2.24, 2.45) is 0 Å². The SMILES string of the molecule is CCCCNc1nc2ccccc2c2sc(C(=O)OCC)c(N)c12. The van der Waals surface area contributed by atoms with Crippen molar-refractivity contribution in [3.63, 3.8) is 0 Å². The summed E-state index contributed by atoms with van der Waals surface area (Å²) < 4.78 is 6.11. The van der Waals surface area contributed by atoms with E-state index in [-0.39, 0.29) is 5.97 Å². The molecule has 1 aromatic carbocycles. The molecule has 0 unspecified atom stereocenters. The number of pyridine rings is 1. The highest BCUT2D eigenvalue weighted by Crippen LogP contribution is 2.41. The van der Waals surface area contributed by atoms with Gasteiger partial charge in [-0.1, -0.05) is 31.5 Å². The third-order valence-corrected chi connectivity index (χ3v) is 5.07. The molecule has 0 aliphatic heterocycles. The van der Waals surface area contributed by atoms with Gasteiger partial charge in [0.25, 0.3) is 0 Å². The van der Waals surface area contributed by atoms with Gasteiger partial charge >= 0.3 is 5.97 Å². The average Bonchev–Trinajstić information content (AvgIpc) is 2.93. The molecule has 0 amide bonds. The Kier molecular flexibility index (Phi) is 4.85. The van der Waals surface area contributed by atoms with E-state index in [1.165, 1.54) is 11.3 Å². The number of nitrogens with one attached hydrogen (secondary N) is 1. The van der Waals surface area contributed by atoms with Crippen LogP contribution in [0.3, 0.4) is 0 Å². The Morgan fingerprint density at radius 3 is 2.88 bits per heavy atom. The van der Waals surface area contributed by atoms with Gasteiger partial charge in [0.2, 0.25) is 0 Å². The number of nitrogen functional groups attached to an aromatic ring is 1. The summed E-state index contributed by atoms with van der Waals surface area (Å²) in [6.07, 6.45) is 2.14. The number of anilines is 2. The molecule has 0 saturated carbocycles. The van der Waals surface area contributed by atoms with E-state index in [1.54, 1.807) is 6.92 Å². The van der Waals surface area contributed by atoms with Gasteiger partial charge in [0.05, 0.1) is 27.9 Å². The van der Waals surface area contributed by atoms with Crippen LogP contribution in [0.1, 0.15) is 36.4 Å². The molecule has 0 bridgehead atoms. The number of aromatic nitrogens is 1. The van der Waals surface area contributed by atoms with E-state index < -0.39 is 0 Å². The van der Waals surface area contributed by atoms with Crippen molar-refractivity contribution >= 4 is 49.8 Å². The third-order valence-electron chi connectivity index (χ3n) is 3.85. The first-order chi connectivity index (χ1) is 11.7. The Morgan fingerprint density at radius 2 is 2.12 bits per heavy atom. The molecule has 6 heteroatoms. The quantitative estimate of drug-likeness (QED) is 0.512. The molecule has 0 atom stereocenters. The van der Waals surface area contributed by atoms with Crippen LogP contribution in [0.5, 0.6) is 0 Å². The molecule has 126 valence electrons. The molecule has 3 aromatic rings. The summed E-state index contributed by atoms with van der Waals surface area (Å²) in [6.45, 7) is 5.08. The number of fused-ring (bicyclic) bond motifs is 3. The lowest BCUT2D eigenvalue weighted by atomic mass is 10.1. The lowest BCUT2D eigenvalue weighted by molar-refractivity contribution is 0.0533. The number of hydrogen-bond donors (Lipinski definition) is 2. The molecule has 3 rings (SSSR count). The Labute approximate surface area is 144 Å². The predicted octanol–water partition coefficient (Wildman–Crippen LogP) is 4.42. The average molecular weight is 343 g/mol. The molecule has 2 heterocycles. The summed E-state index contributed by atoms with van der Waals surface area (Å²) in [6, 6.07) is 7.90. The second-order valence-electron chi connectivity index (χ2n) is 5.53. The third kappa shape index (κ3) is 2.89. The van der Waals surface area contributed by atoms with E-state index >= 15 is 0 Å². The zero-order chi connectivity index (χ0) is 17.1. The maximum absolute atomic E-state index is 12.2. The minimum Gasteiger partial charge on any atom is -0.462 e. The van der Waals surface area contributed by atoms with E-state index in [0.717, 1.165) is 46.2 Å². The first-order valence-corrected chi connectivity index (χ1v) is 9.00. The van der Waals surface area contributed by atoms with Crippen LogP contribution in [0.2, 0.25) is 0 Å². The van der Waals surface area contributed by atoms with E-state index in [9.17, 15) is 4.79 Å². The van der Waals surface area contributed by atoms with Gasteiger partial charge in [-0.3, -0.25) is 0 Å². The van der Waals surface area contributed by atoms with Gasteiger partial charge in [0.1, 0.15) is 10.7 Å². The van der Waals surface area contributed by atoms with Crippen molar-refractivity contribution in [1.29, 1.82) is 0 Å². The van der Waals surface area contributed by atoms with E-state index in [2.05, 4.69) is 12.2 Å². The van der Waals surface area contributed by atoms with Crippen molar-refractivity contribution in [3.8, 4) is 0 Å². The molecule has 2 aromatic heterocycles. The second kappa shape index (κ2) is 7.05. The minimum atomic E-state index is -0.375. The van der Waals surface area contributed by atoms with Crippen molar-refractivity contribution in [1.82, 2.24) is 4.98 Å². The van der Waals surface area contributed by atoms with Gasteiger partial charge in [0, 0.05) is 11.9 Å². The van der Waals surface area contributed by atoms with Gasteiger partial charge in [-0.25, -0.2) is 9.78 Å². The van der Waals surface area contributed by atoms with Gasteiger partial charge in [-0.15, -0.1) is 11.3 Å². The summed E-state index contributed by atoms with van der Waals surface area (Å²) in [5.41, 5.74) is 7.64. The van der Waals surface area contributed by atoms with Crippen LogP contribution >= 0.6 is 11.3 Å². The van der Waals surface area contributed by atoms with E-state index in [4.69, 9.17) is 15.5 Å². The summed E-state index contributed by atoms with van der Waals surface area (Å²) in [5, 5.41) is 5.19. The summed E-state index contributed by atoms with van der Waals surface area (Å²) in [7, 11) is 0. The zero-order valence-corrected chi connectivity index (χ0v) is 14.7. The standard InChI is InChI=1S/C18H21N3O2S/c1-3-5-10-20-17-13-14(19)16(18(22)23-4-2)24-15(13)11-8-6-7-9-12(11)21-17/h6-9H,3-5,10,19H2,1-2H3,(H,20,21). The number of thiophene rings is 1. The summed E-state index contributed by atoms with van der Waals surface area (Å²) in [4.78, 5) is 17.4. The number of hydrogen-bond acceptors (Lipinski definition) is 6. The van der Waals surface area contributed by atoms with Gasteiger partial charge in [-0.2, -0.15) is 0 Å². The minimum absolute atomic E-state index is 0.327. The molecule has 0 fully saturated rings. The van der Waals surface area contributed by atoms with Crippen LogP contribution in [-0.4, -0.2) is 24.1 Å². The van der Waals surface area contributed by atoms with E-state index in [1.807, 2.05) is 24.3 Å². The lowest BCUT2D eigenvalue weighted by Crippen LogP contribution is -2.06. The highest BCUT2D eigenvalue weighted by atomic mass is 32.1. The van der Waals surface area contributed by atoms with Crippen LogP contribution in [0.15, 0.2) is 24.3 Å². The molecule has 5 nitrogen and oxygen atoms in total. The topological polar surface area (TPSA) is 77.2 Å². The Morgan fingerprint density at radius 1 is 1.33 bits per heavy atom. The molecular formula is C18H21N3O2S. The van der Waals surface area contributed by atoms with Crippen molar-refractivity contribution in [2.75, 3.05) is 24.2 Å². The van der Waals surface area contributed by atoms with Crippen LogP contribution < -0.4 is 11.1 Å². The van der Waals surface area contributed by atoms with Crippen LogP contribution in [0.25, 0.3) is 21.0 Å². The number of rotatable bonds is 6. The number of nitrogens with two attached hydrogens (primary N) is 1. The number of nitrogens with zero attached hydrogens (tertiary/aromatic N) is 1. The molecular weight excluding hydrogens is 322 g/mol. The molecule has 0 saturated heterocycles. The molecule has 0 radical (unpaired) electrons. The number of carbonyl (C=O) groups is 1. The Bertz CT molecular complexity index is 889. The second-order valence-corrected chi connectivity index (χ2v) is 6.55. The van der Waals surface area contributed by atoms with Gasteiger partial charge < -0.3 is 15.8 Å². The normalized spacial score (nSPS) is 11.1. The predicted molar refractivity (Wildman–Crippen MR) is 101 cm³/mol. The summed E-state index contributed by atoms with van der Waals surface area (Å²) >= 11 is 1.38. The molecule has 0 aliphatic carbocycles. The van der Waals surface area contributed by atoms with Gasteiger partial charge in [-0.05, 0) is 19.4 Å². The fourth-order valence-corrected chi connectivity index (χ4v) is 3.82. The fraction of sp³-hybridized carbons (Fsp3) is 0.333. The van der Waals surface area contributed by atoms with Crippen LogP contribution in [0, 0.1) is 0 Å². The first-order valence-electron chi connectivity index (χ1n) is 8.19. The monoisotopic (exact) mass is 343 g/mol. The molecule has 0 spiro atoms. The maximum atomic E-state index is 12.2. The zero-order valence-electron chi connectivity index (χ0n) is 13.9. The Hall–Kier alpha value is -2.34. The number of carbonyl (C=O) groups excluding carboxylic acids is 1. The summed E-state index contributed by atoms with van der Waals surface area (Å²) in [5.74, 6) is 0.362. The smallest absolute Gasteiger partial charge is 0.350 e. The number of unbranched alkanes of at least 4 members (excludes halogenated alkanes) is 1. The highest BCUT2D eigenvalue weighted by molar-refractivity contribution is 7.22.